The average molecular weight is 298 g/mol. The molecule has 0 saturated carbocycles. The van der Waals surface area contributed by atoms with Gasteiger partial charge in [0.1, 0.15) is 5.60 Å². The Labute approximate surface area is 130 Å². The van der Waals surface area contributed by atoms with Crippen molar-refractivity contribution >= 4 is 6.09 Å². The molecule has 0 bridgehead atoms. The van der Waals surface area contributed by atoms with Crippen LogP contribution in [0.2, 0.25) is 0 Å². The molecule has 0 aliphatic carbocycles. The van der Waals surface area contributed by atoms with Gasteiger partial charge in [0.15, 0.2) is 0 Å². The van der Waals surface area contributed by atoms with Gasteiger partial charge in [0.05, 0.1) is 0 Å². The smallest absolute Gasteiger partial charge is 0.410 e. The van der Waals surface area contributed by atoms with Gasteiger partial charge >= 0.3 is 6.09 Å². The fourth-order valence-corrected chi connectivity index (χ4v) is 2.65. The van der Waals surface area contributed by atoms with Crippen molar-refractivity contribution in [1.82, 2.24) is 10.2 Å². The van der Waals surface area contributed by atoms with Crippen molar-refractivity contribution < 1.29 is 9.53 Å². The van der Waals surface area contributed by atoms with Crippen molar-refractivity contribution in [2.45, 2.75) is 84.9 Å². The van der Waals surface area contributed by atoms with Crippen LogP contribution in [-0.4, -0.2) is 41.8 Å². The Morgan fingerprint density at radius 1 is 1.33 bits per heavy atom. The number of hydrogen-bond donors (Lipinski definition) is 1. The Balaban J connectivity index is 2.55. The topological polar surface area (TPSA) is 41.6 Å². The van der Waals surface area contributed by atoms with Crippen LogP contribution in [0.15, 0.2) is 0 Å². The number of ether oxygens (including phenoxy) is 1. The number of nitrogens with one attached hydrogen (secondary N) is 1. The number of hydrogen-bond acceptors (Lipinski definition) is 3. The normalized spacial score (nSPS) is 22.8. The molecule has 3 unspecified atom stereocenters. The molecular weight excluding hydrogens is 264 g/mol. The highest BCUT2D eigenvalue weighted by Gasteiger charge is 2.30. The Bertz CT molecular complexity index is 325. The molecular formula is C17H34N2O2. The standard InChI is InChI=1S/C17H34N2O2/c1-7-13(2)14(3)18-12-15-10-8-9-11-19(15)16(20)21-17(4,5)6/h13-15,18H,7-12H2,1-6H3. The maximum Gasteiger partial charge on any atom is 0.410 e. The molecule has 3 atom stereocenters. The zero-order chi connectivity index (χ0) is 16.0. The third kappa shape index (κ3) is 6.25. The molecule has 4 heteroatoms. The minimum Gasteiger partial charge on any atom is -0.444 e. The van der Waals surface area contributed by atoms with Gasteiger partial charge in [-0.2, -0.15) is 0 Å². The van der Waals surface area contributed by atoms with Crippen LogP contribution in [0.1, 0.15) is 67.2 Å². The van der Waals surface area contributed by atoms with Gasteiger partial charge in [0, 0.05) is 25.2 Å². The lowest BCUT2D eigenvalue weighted by Gasteiger charge is -2.37. The summed E-state index contributed by atoms with van der Waals surface area (Å²) in [6, 6.07) is 0.748. The second-order valence-electron chi connectivity index (χ2n) is 7.41. The molecule has 1 saturated heterocycles. The Morgan fingerprint density at radius 2 is 2.00 bits per heavy atom. The number of nitrogens with zero attached hydrogens (tertiary/aromatic N) is 1. The molecule has 0 aromatic heterocycles. The zero-order valence-electron chi connectivity index (χ0n) is 14.7. The molecule has 1 aliphatic rings. The van der Waals surface area contributed by atoms with E-state index < -0.39 is 5.60 Å². The lowest BCUT2D eigenvalue weighted by Crippen LogP contribution is -2.51. The molecule has 1 rings (SSSR count). The molecule has 4 nitrogen and oxygen atoms in total. The number of likely N-dealkylation sites (tertiary alicyclic amines) is 1. The first kappa shape index (κ1) is 18.3. The van der Waals surface area contributed by atoms with E-state index >= 15 is 0 Å². The van der Waals surface area contributed by atoms with Crippen molar-refractivity contribution in [3.8, 4) is 0 Å². The molecule has 0 spiro atoms. The monoisotopic (exact) mass is 298 g/mol. The second-order valence-corrected chi connectivity index (χ2v) is 7.41. The summed E-state index contributed by atoms with van der Waals surface area (Å²) in [5.74, 6) is 0.656. The highest BCUT2D eigenvalue weighted by molar-refractivity contribution is 5.68. The van der Waals surface area contributed by atoms with Crippen LogP contribution in [0.3, 0.4) is 0 Å². The Morgan fingerprint density at radius 3 is 2.57 bits per heavy atom. The fraction of sp³-hybridized carbons (Fsp3) is 0.941. The number of carbonyl (C=O) groups is 1. The molecule has 1 N–H and O–H groups in total. The molecule has 21 heavy (non-hydrogen) atoms. The first-order chi connectivity index (χ1) is 9.74. The third-order valence-electron chi connectivity index (χ3n) is 4.43. The Kier molecular flexibility index (Phi) is 6.98. The maximum absolute atomic E-state index is 12.3. The van der Waals surface area contributed by atoms with Gasteiger partial charge in [-0.25, -0.2) is 4.79 Å². The van der Waals surface area contributed by atoms with Gasteiger partial charge in [-0.1, -0.05) is 20.3 Å². The summed E-state index contributed by atoms with van der Waals surface area (Å²) in [5, 5.41) is 3.60. The van der Waals surface area contributed by atoms with Crippen molar-refractivity contribution in [3.63, 3.8) is 0 Å². The summed E-state index contributed by atoms with van der Waals surface area (Å²) in [6.45, 7) is 14.2. The summed E-state index contributed by atoms with van der Waals surface area (Å²) in [6.07, 6.45) is 4.36. The Hall–Kier alpha value is -0.770. The predicted molar refractivity (Wildman–Crippen MR) is 87.5 cm³/mol. The molecule has 1 fully saturated rings. The number of amides is 1. The summed E-state index contributed by atoms with van der Waals surface area (Å²) in [5.41, 5.74) is -0.420. The molecule has 1 aliphatic heterocycles. The summed E-state index contributed by atoms with van der Waals surface area (Å²) < 4.78 is 5.54. The van der Waals surface area contributed by atoms with Gasteiger partial charge in [-0.15, -0.1) is 0 Å². The second kappa shape index (κ2) is 8.02. The van der Waals surface area contributed by atoms with Gasteiger partial charge < -0.3 is 15.0 Å². The molecule has 0 radical (unpaired) electrons. The van der Waals surface area contributed by atoms with Crippen LogP contribution in [0.5, 0.6) is 0 Å². The van der Waals surface area contributed by atoms with Crippen molar-refractivity contribution in [2.24, 2.45) is 5.92 Å². The lowest BCUT2D eigenvalue weighted by molar-refractivity contribution is 0.00953. The van der Waals surface area contributed by atoms with Gasteiger partial charge in [-0.05, 0) is 52.9 Å². The number of piperidine rings is 1. The van der Waals surface area contributed by atoms with E-state index in [1.165, 1.54) is 12.8 Å². The minimum atomic E-state index is -0.420. The number of rotatable bonds is 5. The maximum atomic E-state index is 12.3. The van der Waals surface area contributed by atoms with Gasteiger partial charge in [-0.3, -0.25) is 0 Å². The third-order valence-corrected chi connectivity index (χ3v) is 4.43. The fourth-order valence-electron chi connectivity index (χ4n) is 2.65. The van der Waals surface area contributed by atoms with Crippen molar-refractivity contribution in [1.29, 1.82) is 0 Å². The van der Waals surface area contributed by atoms with Crippen molar-refractivity contribution in [3.05, 3.63) is 0 Å². The SMILES string of the molecule is CCC(C)C(C)NCC1CCCCN1C(=O)OC(C)(C)C. The summed E-state index contributed by atoms with van der Waals surface area (Å²) in [7, 11) is 0. The first-order valence-electron chi connectivity index (χ1n) is 8.47. The zero-order valence-corrected chi connectivity index (χ0v) is 14.7. The summed E-state index contributed by atoms with van der Waals surface area (Å²) in [4.78, 5) is 14.3. The minimum absolute atomic E-state index is 0.162. The van der Waals surface area contributed by atoms with E-state index in [9.17, 15) is 4.79 Å². The van der Waals surface area contributed by atoms with E-state index in [1.54, 1.807) is 0 Å². The largest absolute Gasteiger partial charge is 0.444 e. The van der Waals surface area contributed by atoms with Crippen LogP contribution in [0, 0.1) is 5.92 Å². The highest BCUT2D eigenvalue weighted by atomic mass is 16.6. The van der Waals surface area contributed by atoms with E-state index in [1.807, 2.05) is 25.7 Å². The predicted octanol–water partition coefficient (Wildman–Crippen LogP) is 3.80. The van der Waals surface area contributed by atoms with E-state index in [0.29, 0.717) is 12.0 Å². The van der Waals surface area contributed by atoms with Crippen LogP contribution < -0.4 is 5.32 Å². The highest BCUT2D eigenvalue weighted by Crippen LogP contribution is 2.20. The molecule has 124 valence electrons. The van der Waals surface area contributed by atoms with E-state index in [4.69, 9.17) is 4.74 Å². The van der Waals surface area contributed by atoms with Gasteiger partial charge in [0.25, 0.3) is 0 Å². The van der Waals surface area contributed by atoms with Gasteiger partial charge in [0.2, 0.25) is 0 Å². The van der Waals surface area contributed by atoms with Crippen LogP contribution in [-0.2, 0) is 4.74 Å². The van der Waals surface area contributed by atoms with Crippen LogP contribution >= 0.6 is 0 Å². The quantitative estimate of drug-likeness (QED) is 0.839. The van der Waals surface area contributed by atoms with Crippen LogP contribution in [0.25, 0.3) is 0 Å². The first-order valence-corrected chi connectivity index (χ1v) is 8.47. The molecule has 1 amide bonds. The summed E-state index contributed by atoms with van der Waals surface area (Å²) >= 11 is 0. The number of carbonyl (C=O) groups excluding carboxylic acids is 1. The van der Waals surface area contributed by atoms with E-state index in [0.717, 1.165) is 25.9 Å². The van der Waals surface area contributed by atoms with Crippen molar-refractivity contribution in [2.75, 3.05) is 13.1 Å². The molecule has 1 heterocycles. The van der Waals surface area contributed by atoms with E-state index in [2.05, 4.69) is 26.1 Å². The van der Waals surface area contributed by atoms with Crippen LogP contribution in [0.4, 0.5) is 4.79 Å². The molecule has 0 aromatic carbocycles. The lowest BCUT2D eigenvalue weighted by atomic mass is 9.99. The average Bonchev–Trinajstić information content (AvgIpc) is 2.42. The molecule has 0 aromatic rings. The van der Waals surface area contributed by atoms with E-state index in [-0.39, 0.29) is 12.1 Å².